The van der Waals surface area contributed by atoms with Gasteiger partial charge in [-0.15, -0.1) is 0 Å². The van der Waals surface area contributed by atoms with Gasteiger partial charge in [0.25, 0.3) is 0 Å². The molecule has 1 heterocycles. The van der Waals surface area contributed by atoms with Crippen molar-refractivity contribution >= 4 is 23.5 Å². The van der Waals surface area contributed by atoms with Crippen LogP contribution in [0.15, 0.2) is 0 Å². The number of halogens is 1. The Morgan fingerprint density at radius 2 is 1.21 bits per heavy atom. The van der Waals surface area contributed by atoms with Crippen LogP contribution in [0, 0.1) is 0 Å². The lowest BCUT2D eigenvalue weighted by molar-refractivity contribution is 0.535. The van der Waals surface area contributed by atoms with Crippen molar-refractivity contribution in [1.82, 2.24) is 15.0 Å². The summed E-state index contributed by atoms with van der Waals surface area (Å²) < 4.78 is 0. The van der Waals surface area contributed by atoms with Crippen LogP contribution in [0.3, 0.4) is 0 Å². The molecule has 0 spiro atoms. The van der Waals surface area contributed by atoms with E-state index in [2.05, 4.69) is 67.1 Å². The van der Waals surface area contributed by atoms with E-state index >= 15 is 0 Å². The van der Waals surface area contributed by atoms with Crippen LogP contribution >= 0.6 is 11.6 Å². The van der Waals surface area contributed by atoms with Gasteiger partial charge in [-0.25, -0.2) is 0 Å². The second kappa shape index (κ2) is 5.90. The van der Waals surface area contributed by atoms with E-state index in [-0.39, 0.29) is 16.4 Å². The normalized spacial score (nSPS) is 12.4. The summed E-state index contributed by atoms with van der Waals surface area (Å²) in [7, 11) is 0. The van der Waals surface area contributed by atoms with E-state index in [1.165, 1.54) is 0 Å². The van der Waals surface area contributed by atoms with E-state index in [9.17, 15) is 0 Å². The Balaban J connectivity index is 2.95. The third-order valence-corrected chi connectivity index (χ3v) is 3.45. The average Bonchev–Trinajstić information content (AvgIpc) is 2.27. The first-order valence-corrected chi connectivity index (χ1v) is 7.03. The molecule has 0 radical (unpaired) electrons. The Morgan fingerprint density at radius 1 is 0.842 bits per heavy atom. The minimum atomic E-state index is -0.0811. The van der Waals surface area contributed by atoms with Gasteiger partial charge in [-0.3, -0.25) is 0 Å². The molecular formula is C13H24ClN5. The Labute approximate surface area is 120 Å². The lowest BCUT2D eigenvalue weighted by atomic mass is 10.0. The van der Waals surface area contributed by atoms with Gasteiger partial charge in [0.1, 0.15) is 0 Å². The first-order valence-electron chi connectivity index (χ1n) is 6.65. The number of aromatic nitrogens is 3. The fraction of sp³-hybridized carbons (Fsp3) is 0.769. The Kier molecular flexibility index (Phi) is 4.96. The lowest BCUT2D eigenvalue weighted by Crippen LogP contribution is -2.33. The predicted octanol–water partition coefficient (Wildman–Crippen LogP) is 3.73. The molecule has 0 atom stereocenters. The van der Waals surface area contributed by atoms with Crippen molar-refractivity contribution < 1.29 is 0 Å². The van der Waals surface area contributed by atoms with Crippen molar-refractivity contribution in [3.8, 4) is 0 Å². The van der Waals surface area contributed by atoms with Gasteiger partial charge < -0.3 is 10.6 Å². The first kappa shape index (κ1) is 16.0. The summed E-state index contributed by atoms with van der Waals surface area (Å²) in [5.41, 5.74) is -0.162. The molecule has 0 fully saturated rings. The van der Waals surface area contributed by atoms with E-state index < -0.39 is 0 Å². The number of nitrogens with zero attached hydrogens (tertiary/aromatic N) is 3. The van der Waals surface area contributed by atoms with Gasteiger partial charge in [0.2, 0.25) is 17.2 Å². The minimum Gasteiger partial charge on any atom is -0.349 e. The van der Waals surface area contributed by atoms with E-state index in [4.69, 9.17) is 11.6 Å². The molecule has 1 rings (SSSR count). The SMILES string of the molecule is CCC(C)(C)Nc1nc(Cl)nc(NC(C)(C)CC)n1. The zero-order chi connectivity index (χ0) is 14.7. The lowest BCUT2D eigenvalue weighted by Gasteiger charge is -2.26. The summed E-state index contributed by atoms with van der Waals surface area (Å²) in [6.07, 6.45) is 1.92. The molecule has 0 bridgehead atoms. The molecule has 5 nitrogen and oxygen atoms in total. The van der Waals surface area contributed by atoms with E-state index in [1.54, 1.807) is 0 Å². The van der Waals surface area contributed by atoms with Gasteiger partial charge in [-0.05, 0) is 52.1 Å². The highest BCUT2D eigenvalue weighted by Crippen LogP contribution is 2.19. The van der Waals surface area contributed by atoms with Gasteiger partial charge in [-0.1, -0.05) is 13.8 Å². The average molecular weight is 286 g/mol. The maximum atomic E-state index is 5.95. The maximum Gasteiger partial charge on any atom is 0.229 e. The highest BCUT2D eigenvalue weighted by molar-refractivity contribution is 6.28. The Bertz CT molecular complexity index is 395. The summed E-state index contributed by atoms with van der Waals surface area (Å²) in [5.74, 6) is 1.00. The van der Waals surface area contributed by atoms with Crippen LogP contribution in [0.2, 0.25) is 5.28 Å². The molecule has 0 saturated carbocycles. The van der Waals surface area contributed by atoms with E-state index in [1.807, 2.05) is 0 Å². The van der Waals surface area contributed by atoms with Crippen LogP contribution in [-0.4, -0.2) is 26.0 Å². The zero-order valence-electron chi connectivity index (χ0n) is 12.6. The molecule has 0 aliphatic heterocycles. The first-order chi connectivity index (χ1) is 8.67. The largest absolute Gasteiger partial charge is 0.349 e. The standard InChI is InChI=1S/C13H24ClN5/c1-7-12(3,4)18-10-15-9(14)16-11(17-10)19-13(5,6)8-2/h7-8H2,1-6H3,(H2,15,16,17,18,19). The van der Waals surface area contributed by atoms with Crippen LogP contribution in [0.5, 0.6) is 0 Å². The van der Waals surface area contributed by atoms with Crippen LogP contribution in [-0.2, 0) is 0 Å². The molecule has 19 heavy (non-hydrogen) atoms. The third kappa shape index (κ3) is 5.19. The molecule has 0 aliphatic rings. The monoisotopic (exact) mass is 285 g/mol. The highest BCUT2D eigenvalue weighted by atomic mass is 35.5. The number of hydrogen-bond acceptors (Lipinski definition) is 5. The molecule has 6 heteroatoms. The molecule has 1 aromatic rings. The van der Waals surface area contributed by atoms with Gasteiger partial charge in [0.15, 0.2) is 0 Å². The summed E-state index contributed by atoms with van der Waals surface area (Å²) in [6.45, 7) is 12.6. The highest BCUT2D eigenvalue weighted by Gasteiger charge is 2.19. The molecule has 0 aliphatic carbocycles. The van der Waals surface area contributed by atoms with Crippen LogP contribution in [0.4, 0.5) is 11.9 Å². The molecule has 2 N–H and O–H groups in total. The smallest absolute Gasteiger partial charge is 0.229 e. The molecule has 0 saturated heterocycles. The van der Waals surface area contributed by atoms with E-state index in [0.29, 0.717) is 11.9 Å². The second-order valence-corrected chi connectivity index (χ2v) is 6.31. The van der Waals surface area contributed by atoms with Crippen molar-refractivity contribution in [2.45, 2.75) is 65.5 Å². The van der Waals surface area contributed by atoms with Crippen molar-refractivity contribution in [3.05, 3.63) is 5.28 Å². The van der Waals surface area contributed by atoms with Gasteiger partial charge >= 0.3 is 0 Å². The molecule has 0 aromatic carbocycles. The molecule has 0 amide bonds. The number of rotatable bonds is 6. The second-order valence-electron chi connectivity index (χ2n) is 5.98. The number of hydrogen-bond donors (Lipinski definition) is 2. The molecule has 108 valence electrons. The van der Waals surface area contributed by atoms with Crippen molar-refractivity contribution in [2.24, 2.45) is 0 Å². The summed E-state index contributed by atoms with van der Waals surface area (Å²) >= 11 is 5.95. The van der Waals surface area contributed by atoms with Crippen LogP contribution in [0.25, 0.3) is 0 Å². The Hall–Kier alpha value is -1.10. The quantitative estimate of drug-likeness (QED) is 0.834. The summed E-state index contributed by atoms with van der Waals surface area (Å²) in [6, 6.07) is 0. The molecular weight excluding hydrogens is 262 g/mol. The number of anilines is 2. The topological polar surface area (TPSA) is 62.7 Å². The van der Waals surface area contributed by atoms with Crippen molar-refractivity contribution in [2.75, 3.05) is 10.6 Å². The van der Waals surface area contributed by atoms with Gasteiger partial charge in [-0.2, -0.15) is 15.0 Å². The van der Waals surface area contributed by atoms with Gasteiger partial charge in [0.05, 0.1) is 0 Å². The fourth-order valence-electron chi connectivity index (χ4n) is 1.24. The summed E-state index contributed by atoms with van der Waals surface area (Å²) in [5, 5.41) is 6.73. The number of nitrogens with one attached hydrogen (secondary N) is 2. The van der Waals surface area contributed by atoms with Gasteiger partial charge in [0, 0.05) is 11.1 Å². The Morgan fingerprint density at radius 3 is 1.53 bits per heavy atom. The fourth-order valence-corrected chi connectivity index (χ4v) is 1.40. The minimum absolute atomic E-state index is 0.0811. The third-order valence-electron chi connectivity index (χ3n) is 3.28. The van der Waals surface area contributed by atoms with Crippen molar-refractivity contribution in [3.63, 3.8) is 0 Å². The molecule has 1 aromatic heterocycles. The maximum absolute atomic E-state index is 5.95. The summed E-state index contributed by atoms with van der Waals surface area (Å²) in [4.78, 5) is 12.6. The predicted molar refractivity (Wildman–Crippen MR) is 80.8 cm³/mol. The van der Waals surface area contributed by atoms with Crippen molar-refractivity contribution in [1.29, 1.82) is 0 Å². The molecule has 0 unspecified atom stereocenters. The van der Waals surface area contributed by atoms with Crippen LogP contribution < -0.4 is 10.6 Å². The van der Waals surface area contributed by atoms with E-state index in [0.717, 1.165) is 12.8 Å². The zero-order valence-corrected chi connectivity index (χ0v) is 13.4. The van der Waals surface area contributed by atoms with Crippen LogP contribution in [0.1, 0.15) is 54.4 Å².